The zero-order valence-electron chi connectivity index (χ0n) is 17.8. The number of rotatable bonds is 6. The number of nitrogens with zero attached hydrogens (tertiary/aromatic N) is 2. The predicted octanol–water partition coefficient (Wildman–Crippen LogP) is 5.06. The Bertz CT molecular complexity index is 891. The number of likely N-dealkylation sites (N-methyl/N-ethyl adjacent to an activating group) is 1. The minimum Gasteiger partial charge on any atom is -0.352 e. The SMILES string of the molecule is CCCNC(=O)c1ccc2c(c1)N(C(C)C[N+]1(C)CCCC1)c1ccccc1S2. The monoisotopic (exact) mass is 410 g/mol. The van der Waals surface area contributed by atoms with Crippen LogP contribution in [0.25, 0.3) is 0 Å². The van der Waals surface area contributed by atoms with Crippen molar-refractivity contribution < 1.29 is 9.28 Å². The second-order valence-electron chi connectivity index (χ2n) is 8.68. The van der Waals surface area contributed by atoms with Crippen molar-refractivity contribution in [1.82, 2.24) is 5.32 Å². The summed E-state index contributed by atoms with van der Waals surface area (Å²) in [6.45, 7) is 8.77. The predicted molar refractivity (Wildman–Crippen MR) is 121 cm³/mol. The van der Waals surface area contributed by atoms with E-state index in [1.807, 2.05) is 6.07 Å². The van der Waals surface area contributed by atoms with Crippen molar-refractivity contribution in [3.8, 4) is 0 Å². The largest absolute Gasteiger partial charge is 0.352 e. The van der Waals surface area contributed by atoms with Crippen LogP contribution in [0.4, 0.5) is 11.4 Å². The van der Waals surface area contributed by atoms with Gasteiger partial charge in [0, 0.05) is 34.7 Å². The number of para-hydroxylation sites is 1. The highest BCUT2D eigenvalue weighted by atomic mass is 32.2. The van der Waals surface area contributed by atoms with E-state index in [9.17, 15) is 4.79 Å². The van der Waals surface area contributed by atoms with E-state index in [4.69, 9.17) is 0 Å². The Morgan fingerprint density at radius 1 is 1.14 bits per heavy atom. The summed E-state index contributed by atoms with van der Waals surface area (Å²) in [6.07, 6.45) is 3.60. The Hall–Kier alpha value is -1.98. The standard InChI is InChI=1S/C24H31N3OS/c1-4-13-25-24(28)19-11-12-23-21(16-19)26(20-9-5-6-10-22(20)29-23)18(2)17-27(3)14-7-8-15-27/h5-6,9-12,16,18H,4,7-8,13-15,17H2,1-3H3/p+1. The molecule has 154 valence electrons. The van der Waals surface area contributed by atoms with Crippen LogP contribution >= 0.6 is 11.8 Å². The molecule has 2 aliphatic rings. The number of quaternary nitrogens is 1. The number of anilines is 2. The first-order valence-corrected chi connectivity index (χ1v) is 11.6. The second-order valence-corrected chi connectivity index (χ2v) is 9.77. The molecular formula is C24H32N3OS+. The van der Waals surface area contributed by atoms with Crippen LogP contribution in [-0.4, -0.2) is 49.7 Å². The molecule has 1 N–H and O–H groups in total. The smallest absolute Gasteiger partial charge is 0.251 e. The number of likely N-dealkylation sites (tertiary alicyclic amines) is 1. The van der Waals surface area contributed by atoms with Gasteiger partial charge in [-0.15, -0.1) is 0 Å². The molecule has 0 saturated carbocycles. The summed E-state index contributed by atoms with van der Waals surface area (Å²) in [4.78, 5) is 17.6. The molecule has 5 heteroatoms. The first-order valence-electron chi connectivity index (χ1n) is 10.8. The van der Waals surface area contributed by atoms with Crippen molar-refractivity contribution in [2.24, 2.45) is 0 Å². The lowest BCUT2D eigenvalue weighted by atomic mass is 10.1. The lowest BCUT2D eigenvalue weighted by molar-refractivity contribution is -0.898. The van der Waals surface area contributed by atoms with Gasteiger partial charge in [0.05, 0.1) is 44.1 Å². The van der Waals surface area contributed by atoms with Gasteiger partial charge in [0.1, 0.15) is 0 Å². The van der Waals surface area contributed by atoms with E-state index in [2.05, 4.69) is 67.5 Å². The molecule has 4 rings (SSSR count). The number of fused-ring (bicyclic) bond motifs is 2. The van der Waals surface area contributed by atoms with Gasteiger partial charge in [0.2, 0.25) is 0 Å². The topological polar surface area (TPSA) is 32.3 Å². The molecule has 4 nitrogen and oxygen atoms in total. The van der Waals surface area contributed by atoms with E-state index in [1.165, 1.54) is 41.4 Å². The maximum absolute atomic E-state index is 12.6. The van der Waals surface area contributed by atoms with Gasteiger partial charge < -0.3 is 14.7 Å². The van der Waals surface area contributed by atoms with Crippen LogP contribution in [0.1, 0.15) is 43.5 Å². The van der Waals surface area contributed by atoms with Gasteiger partial charge in [-0.25, -0.2) is 0 Å². The normalized spacial score (nSPS) is 18.1. The highest BCUT2D eigenvalue weighted by Crippen LogP contribution is 2.49. The number of amides is 1. The van der Waals surface area contributed by atoms with Gasteiger partial charge in [-0.3, -0.25) is 4.79 Å². The molecule has 2 aromatic carbocycles. The molecule has 1 atom stereocenters. The molecule has 29 heavy (non-hydrogen) atoms. The van der Waals surface area contributed by atoms with Gasteiger partial charge in [0.25, 0.3) is 5.91 Å². The maximum atomic E-state index is 12.6. The Labute approximate surface area is 178 Å². The maximum Gasteiger partial charge on any atom is 0.251 e. The van der Waals surface area contributed by atoms with Gasteiger partial charge in [-0.05, 0) is 43.7 Å². The van der Waals surface area contributed by atoms with Crippen LogP contribution in [0.3, 0.4) is 0 Å². The van der Waals surface area contributed by atoms with E-state index in [1.54, 1.807) is 11.8 Å². The quantitative estimate of drug-likeness (QED) is 0.676. The van der Waals surface area contributed by atoms with Crippen molar-refractivity contribution in [2.75, 3.05) is 38.1 Å². The van der Waals surface area contributed by atoms with Gasteiger partial charge in [-0.1, -0.05) is 30.8 Å². The molecule has 1 unspecified atom stereocenters. The summed E-state index contributed by atoms with van der Waals surface area (Å²) >= 11 is 1.81. The van der Waals surface area contributed by atoms with Crippen LogP contribution < -0.4 is 10.2 Å². The molecule has 1 amide bonds. The highest BCUT2D eigenvalue weighted by molar-refractivity contribution is 7.99. The minimum atomic E-state index is 0.0182. The van der Waals surface area contributed by atoms with Gasteiger partial charge in [-0.2, -0.15) is 0 Å². The molecule has 0 aliphatic carbocycles. The number of hydrogen-bond donors (Lipinski definition) is 1. The molecule has 2 heterocycles. The van der Waals surface area contributed by atoms with E-state index >= 15 is 0 Å². The number of hydrogen-bond acceptors (Lipinski definition) is 3. The molecule has 1 fully saturated rings. The fourth-order valence-electron chi connectivity index (χ4n) is 4.74. The first kappa shape index (κ1) is 20.3. The fourth-order valence-corrected chi connectivity index (χ4v) is 5.79. The number of carbonyl (C=O) groups is 1. The van der Waals surface area contributed by atoms with Crippen molar-refractivity contribution in [3.63, 3.8) is 0 Å². The number of carbonyl (C=O) groups excluding carboxylic acids is 1. The van der Waals surface area contributed by atoms with E-state index in [0.717, 1.165) is 28.7 Å². The van der Waals surface area contributed by atoms with E-state index < -0.39 is 0 Å². The first-order chi connectivity index (χ1) is 14.0. The summed E-state index contributed by atoms with van der Waals surface area (Å²) in [5.74, 6) is 0.0182. The minimum absolute atomic E-state index is 0.0182. The molecular weight excluding hydrogens is 378 g/mol. The zero-order chi connectivity index (χ0) is 20.4. The van der Waals surface area contributed by atoms with E-state index in [0.29, 0.717) is 12.6 Å². The van der Waals surface area contributed by atoms with Crippen LogP contribution in [0, 0.1) is 0 Å². The molecule has 2 aromatic rings. The van der Waals surface area contributed by atoms with Crippen LogP contribution in [0.15, 0.2) is 52.3 Å². The van der Waals surface area contributed by atoms with Crippen molar-refractivity contribution >= 4 is 29.0 Å². The lowest BCUT2D eigenvalue weighted by Gasteiger charge is -2.41. The third-order valence-corrected chi connectivity index (χ3v) is 7.28. The lowest BCUT2D eigenvalue weighted by Crippen LogP contribution is -2.50. The van der Waals surface area contributed by atoms with Crippen molar-refractivity contribution in [1.29, 1.82) is 0 Å². The summed E-state index contributed by atoms with van der Waals surface area (Å²) in [6, 6.07) is 15.2. The van der Waals surface area contributed by atoms with Crippen molar-refractivity contribution in [3.05, 3.63) is 48.0 Å². The third-order valence-electron chi connectivity index (χ3n) is 6.15. The van der Waals surface area contributed by atoms with Gasteiger partial charge in [0.15, 0.2) is 0 Å². The Kier molecular flexibility index (Phi) is 5.88. The fraction of sp³-hybridized carbons (Fsp3) is 0.458. The molecule has 0 bridgehead atoms. The molecule has 0 spiro atoms. The van der Waals surface area contributed by atoms with Crippen LogP contribution in [-0.2, 0) is 0 Å². The number of benzene rings is 2. The summed E-state index contributed by atoms with van der Waals surface area (Å²) in [5, 5.41) is 3.02. The third kappa shape index (κ3) is 4.17. The summed E-state index contributed by atoms with van der Waals surface area (Å²) < 4.78 is 1.14. The van der Waals surface area contributed by atoms with Crippen LogP contribution in [0.5, 0.6) is 0 Å². The Balaban J connectivity index is 1.70. The average Bonchev–Trinajstić information content (AvgIpc) is 3.15. The van der Waals surface area contributed by atoms with Crippen LogP contribution in [0.2, 0.25) is 0 Å². The summed E-state index contributed by atoms with van der Waals surface area (Å²) in [5.41, 5.74) is 3.17. The Morgan fingerprint density at radius 2 is 1.86 bits per heavy atom. The Morgan fingerprint density at radius 3 is 2.62 bits per heavy atom. The second kappa shape index (κ2) is 8.41. The zero-order valence-corrected chi connectivity index (χ0v) is 18.6. The average molecular weight is 411 g/mol. The van der Waals surface area contributed by atoms with Gasteiger partial charge >= 0.3 is 0 Å². The number of nitrogens with one attached hydrogen (secondary N) is 1. The van der Waals surface area contributed by atoms with Crippen molar-refractivity contribution in [2.45, 2.75) is 48.9 Å². The highest BCUT2D eigenvalue weighted by Gasteiger charge is 2.34. The molecule has 0 radical (unpaired) electrons. The molecule has 0 aromatic heterocycles. The molecule has 1 saturated heterocycles. The molecule has 2 aliphatic heterocycles. The summed E-state index contributed by atoms with van der Waals surface area (Å²) in [7, 11) is 2.39. The van der Waals surface area contributed by atoms with E-state index in [-0.39, 0.29) is 5.91 Å².